The quantitative estimate of drug-likeness (QED) is 0.895. The van der Waals surface area contributed by atoms with Crippen LogP contribution in [0, 0.1) is 5.92 Å². The highest BCUT2D eigenvalue weighted by Crippen LogP contribution is 2.10. The molecule has 2 heterocycles. The Morgan fingerprint density at radius 2 is 2.37 bits per heavy atom. The molecule has 1 aromatic heterocycles. The Morgan fingerprint density at radius 1 is 1.53 bits per heavy atom. The van der Waals surface area contributed by atoms with Crippen LogP contribution < -0.4 is 5.32 Å². The Hall–Kier alpha value is -0.910. The molecule has 0 amide bonds. The third kappa shape index (κ3) is 4.93. The Kier molecular flexibility index (Phi) is 5.36. The van der Waals surface area contributed by atoms with Gasteiger partial charge in [-0.3, -0.25) is 9.88 Å². The smallest absolute Gasteiger partial charge is 0.149 e. The fraction of sp³-hybridized carbons (Fsp3) is 0.692. The van der Waals surface area contributed by atoms with Gasteiger partial charge in [-0.15, -0.1) is 0 Å². The lowest BCUT2D eigenvalue weighted by molar-refractivity contribution is -0.0244. The average molecular weight is 285 g/mol. The van der Waals surface area contributed by atoms with Gasteiger partial charge in [-0.1, -0.05) is 25.4 Å². The fourth-order valence-corrected chi connectivity index (χ4v) is 2.38. The van der Waals surface area contributed by atoms with Crippen LogP contribution in [0.5, 0.6) is 0 Å². The van der Waals surface area contributed by atoms with Gasteiger partial charge in [-0.2, -0.15) is 0 Å². The van der Waals surface area contributed by atoms with E-state index in [2.05, 4.69) is 34.0 Å². The molecule has 2 rings (SSSR count). The van der Waals surface area contributed by atoms with E-state index in [1.54, 1.807) is 6.20 Å². The molecule has 19 heavy (non-hydrogen) atoms. The Balaban J connectivity index is 1.79. The van der Waals surface area contributed by atoms with Gasteiger partial charge in [0, 0.05) is 26.2 Å². The summed E-state index contributed by atoms with van der Waals surface area (Å²) in [4.78, 5) is 10.6. The summed E-state index contributed by atoms with van der Waals surface area (Å²) in [6, 6.07) is 0. The van der Waals surface area contributed by atoms with Crippen LogP contribution in [0.25, 0.3) is 0 Å². The number of halogens is 1. The second-order valence-electron chi connectivity index (χ2n) is 5.25. The average Bonchev–Trinajstić information content (AvgIpc) is 2.36. The lowest BCUT2D eigenvalue weighted by Crippen LogP contribution is -2.46. The van der Waals surface area contributed by atoms with E-state index >= 15 is 0 Å². The minimum Gasteiger partial charge on any atom is -0.374 e. The van der Waals surface area contributed by atoms with Crippen molar-refractivity contribution >= 4 is 17.4 Å². The van der Waals surface area contributed by atoms with Gasteiger partial charge in [-0.05, 0) is 5.92 Å². The highest BCUT2D eigenvalue weighted by Gasteiger charge is 2.20. The van der Waals surface area contributed by atoms with E-state index in [-0.39, 0.29) is 6.10 Å². The molecule has 1 N–H and O–H groups in total. The molecule has 0 unspecified atom stereocenters. The second kappa shape index (κ2) is 7.03. The second-order valence-corrected chi connectivity index (χ2v) is 5.64. The van der Waals surface area contributed by atoms with Crippen LogP contribution in [-0.2, 0) is 4.74 Å². The van der Waals surface area contributed by atoms with Crippen molar-refractivity contribution in [2.75, 3.05) is 38.1 Å². The number of nitrogens with one attached hydrogen (secondary N) is 1. The lowest BCUT2D eigenvalue weighted by Gasteiger charge is -2.34. The molecule has 0 spiro atoms. The first-order valence-corrected chi connectivity index (χ1v) is 7.06. The highest BCUT2D eigenvalue weighted by atomic mass is 35.5. The summed E-state index contributed by atoms with van der Waals surface area (Å²) in [6.45, 7) is 9.10. The highest BCUT2D eigenvalue weighted by molar-refractivity contribution is 6.29. The van der Waals surface area contributed by atoms with Crippen LogP contribution in [0.2, 0.25) is 5.15 Å². The maximum atomic E-state index is 5.79. The van der Waals surface area contributed by atoms with Crippen LogP contribution in [0.4, 0.5) is 5.82 Å². The molecule has 5 nitrogen and oxygen atoms in total. The minimum atomic E-state index is 0.188. The summed E-state index contributed by atoms with van der Waals surface area (Å²) >= 11 is 5.79. The van der Waals surface area contributed by atoms with Crippen LogP contribution in [0.3, 0.4) is 0 Å². The van der Waals surface area contributed by atoms with Gasteiger partial charge in [0.2, 0.25) is 0 Å². The zero-order chi connectivity index (χ0) is 13.7. The summed E-state index contributed by atoms with van der Waals surface area (Å²) < 4.78 is 5.76. The number of rotatable bonds is 5. The number of morpholine rings is 1. The maximum Gasteiger partial charge on any atom is 0.149 e. The van der Waals surface area contributed by atoms with Crippen molar-refractivity contribution in [3.8, 4) is 0 Å². The molecule has 1 atom stereocenters. The molecule has 106 valence electrons. The van der Waals surface area contributed by atoms with Crippen molar-refractivity contribution < 1.29 is 4.74 Å². The van der Waals surface area contributed by atoms with Crippen LogP contribution in [0.15, 0.2) is 12.4 Å². The number of aromatic nitrogens is 2. The maximum absolute atomic E-state index is 5.79. The third-order valence-electron chi connectivity index (χ3n) is 2.96. The molecule has 1 aromatic rings. The Bertz CT molecular complexity index is 402. The molecule has 0 bridgehead atoms. The van der Waals surface area contributed by atoms with Crippen LogP contribution in [-0.4, -0.2) is 53.8 Å². The van der Waals surface area contributed by atoms with Gasteiger partial charge in [-0.25, -0.2) is 4.98 Å². The standard InChI is InChI=1S/C13H21ClN4O/c1-10(2)8-18-3-4-19-11(9-18)5-16-13-7-15-6-12(14)17-13/h6-7,10-11H,3-5,8-9H2,1-2H3,(H,16,17)/t11-/m0/s1. The topological polar surface area (TPSA) is 50.3 Å². The number of hydrogen-bond acceptors (Lipinski definition) is 5. The zero-order valence-electron chi connectivity index (χ0n) is 11.5. The molecule has 0 radical (unpaired) electrons. The van der Waals surface area contributed by atoms with Gasteiger partial charge >= 0.3 is 0 Å². The number of anilines is 1. The van der Waals surface area contributed by atoms with Gasteiger partial charge in [0.1, 0.15) is 11.0 Å². The molecule has 1 fully saturated rings. The van der Waals surface area contributed by atoms with E-state index < -0.39 is 0 Å². The first-order chi connectivity index (χ1) is 9.13. The van der Waals surface area contributed by atoms with Crippen LogP contribution >= 0.6 is 11.6 Å². The van der Waals surface area contributed by atoms with Gasteiger partial charge < -0.3 is 10.1 Å². The predicted molar refractivity (Wildman–Crippen MR) is 76.5 cm³/mol. The predicted octanol–water partition coefficient (Wildman–Crippen LogP) is 1.90. The summed E-state index contributed by atoms with van der Waals surface area (Å²) in [7, 11) is 0. The molecule has 0 aliphatic carbocycles. The fourth-order valence-electron chi connectivity index (χ4n) is 2.23. The molecule has 1 aliphatic heterocycles. The molecule has 0 saturated carbocycles. The summed E-state index contributed by atoms with van der Waals surface area (Å²) in [5.41, 5.74) is 0. The number of hydrogen-bond donors (Lipinski definition) is 1. The number of ether oxygens (including phenoxy) is 1. The molecular formula is C13H21ClN4O. The van der Waals surface area contributed by atoms with Crippen molar-refractivity contribution in [1.29, 1.82) is 0 Å². The first kappa shape index (κ1) is 14.5. The summed E-state index contributed by atoms with van der Waals surface area (Å²) in [5.74, 6) is 1.38. The van der Waals surface area contributed by atoms with Crippen molar-refractivity contribution in [1.82, 2.24) is 14.9 Å². The Morgan fingerprint density at radius 3 is 3.11 bits per heavy atom. The lowest BCUT2D eigenvalue weighted by atomic mass is 10.2. The summed E-state index contributed by atoms with van der Waals surface area (Å²) in [5, 5.41) is 3.62. The van der Waals surface area contributed by atoms with E-state index in [0.717, 1.165) is 32.8 Å². The minimum absolute atomic E-state index is 0.188. The van der Waals surface area contributed by atoms with E-state index in [1.165, 1.54) is 6.20 Å². The van der Waals surface area contributed by atoms with Crippen molar-refractivity contribution in [3.05, 3.63) is 17.5 Å². The largest absolute Gasteiger partial charge is 0.374 e. The third-order valence-corrected chi connectivity index (χ3v) is 3.14. The molecule has 0 aromatic carbocycles. The van der Waals surface area contributed by atoms with E-state index in [1.807, 2.05) is 0 Å². The monoisotopic (exact) mass is 284 g/mol. The molecule has 6 heteroatoms. The van der Waals surface area contributed by atoms with Crippen molar-refractivity contribution in [2.24, 2.45) is 5.92 Å². The molecular weight excluding hydrogens is 264 g/mol. The van der Waals surface area contributed by atoms with E-state index in [0.29, 0.717) is 16.9 Å². The van der Waals surface area contributed by atoms with Gasteiger partial charge in [0.25, 0.3) is 0 Å². The molecule has 1 saturated heterocycles. The van der Waals surface area contributed by atoms with E-state index in [9.17, 15) is 0 Å². The Labute approximate surface area is 119 Å². The summed E-state index contributed by atoms with van der Waals surface area (Å²) in [6.07, 6.45) is 3.38. The van der Waals surface area contributed by atoms with E-state index in [4.69, 9.17) is 16.3 Å². The van der Waals surface area contributed by atoms with Crippen LogP contribution in [0.1, 0.15) is 13.8 Å². The van der Waals surface area contributed by atoms with Crippen molar-refractivity contribution in [2.45, 2.75) is 20.0 Å². The van der Waals surface area contributed by atoms with Crippen molar-refractivity contribution in [3.63, 3.8) is 0 Å². The SMILES string of the molecule is CC(C)CN1CCO[C@@H](CNc2cncc(Cl)n2)C1. The van der Waals surface area contributed by atoms with Gasteiger partial charge in [0.05, 0.1) is 25.1 Å². The van der Waals surface area contributed by atoms with Gasteiger partial charge in [0.15, 0.2) is 0 Å². The zero-order valence-corrected chi connectivity index (χ0v) is 12.2. The first-order valence-electron chi connectivity index (χ1n) is 6.69. The molecule has 1 aliphatic rings. The normalized spacial score (nSPS) is 20.7. The number of nitrogens with zero attached hydrogens (tertiary/aromatic N) is 3.